The number of anilines is 1. The van der Waals surface area contributed by atoms with Crippen molar-refractivity contribution in [3.05, 3.63) is 18.2 Å². The number of aryl methyl sites for hydroxylation is 1. The largest absolute Gasteiger partial charge is 0.406 e. The van der Waals surface area contributed by atoms with Gasteiger partial charge in [0.15, 0.2) is 5.82 Å². The second-order valence-electron chi connectivity index (χ2n) is 6.89. The molecule has 2 saturated heterocycles. The van der Waals surface area contributed by atoms with Gasteiger partial charge in [-0.05, 0) is 13.3 Å². The summed E-state index contributed by atoms with van der Waals surface area (Å²) in [6.45, 7) is 3.28. The summed E-state index contributed by atoms with van der Waals surface area (Å²) in [6.07, 6.45) is -0.423. The Morgan fingerprint density at radius 3 is 2.59 bits per heavy atom. The summed E-state index contributed by atoms with van der Waals surface area (Å²) in [7, 11) is 0. The average Bonchev–Trinajstić information content (AvgIpc) is 3.18. The van der Waals surface area contributed by atoms with E-state index in [0.717, 1.165) is 16.5 Å². The van der Waals surface area contributed by atoms with Gasteiger partial charge in [-0.3, -0.25) is 14.1 Å². The number of likely N-dealkylation sites (tertiary alicyclic amines) is 1. The summed E-state index contributed by atoms with van der Waals surface area (Å²) in [4.78, 5) is 21.7. The molecule has 1 amide bonds. The Morgan fingerprint density at radius 1 is 1.15 bits per heavy atom. The monoisotopic (exact) mass is 383 g/mol. The summed E-state index contributed by atoms with van der Waals surface area (Å²) in [5.41, 5.74) is 0.678. The van der Waals surface area contributed by atoms with Crippen LogP contribution in [0.4, 0.5) is 19.0 Å². The second-order valence-corrected chi connectivity index (χ2v) is 6.89. The van der Waals surface area contributed by atoms with Gasteiger partial charge >= 0.3 is 6.18 Å². The fourth-order valence-electron chi connectivity index (χ4n) is 3.83. The molecule has 2 aliphatic heterocycles. The van der Waals surface area contributed by atoms with Crippen LogP contribution in [0.25, 0.3) is 5.65 Å². The van der Waals surface area contributed by atoms with Crippen molar-refractivity contribution in [3.8, 4) is 0 Å². The molecule has 2 aromatic rings. The quantitative estimate of drug-likeness (QED) is 0.778. The number of nitrogens with zero attached hydrogens (tertiary/aromatic N) is 7. The molecule has 0 aliphatic carbocycles. The van der Waals surface area contributed by atoms with E-state index in [0.29, 0.717) is 38.2 Å². The molecule has 0 spiro atoms. The maximum Gasteiger partial charge on any atom is 0.406 e. The first kappa shape index (κ1) is 18.0. The van der Waals surface area contributed by atoms with Gasteiger partial charge in [0, 0.05) is 45.1 Å². The number of carbonyl (C=O) groups is 1. The Morgan fingerprint density at radius 2 is 1.89 bits per heavy atom. The number of aromatic nitrogens is 4. The van der Waals surface area contributed by atoms with E-state index in [9.17, 15) is 18.0 Å². The van der Waals surface area contributed by atoms with Crippen LogP contribution in [0.1, 0.15) is 12.2 Å². The zero-order valence-electron chi connectivity index (χ0n) is 14.9. The SMILES string of the molecule is Cc1nnc2c(N3CCN(C4CCN(CC(F)(F)F)C4=O)CC3)nccn12. The lowest BCUT2D eigenvalue weighted by atomic mass is 10.2. The first-order valence-electron chi connectivity index (χ1n) is 8.84. The molecule has 27 heavy (non-hydrogen) atoms. The first-order valence-corrected chi connectivity index (χ1v) is 8.84. The lowest BCUT2D eigenvalue weighted by molar-refractivity contribution is -0.159. The van der Waals surface area contributed by atoms with Gasteiger partial charge in [-0.2, -0.15) is 13.2 Å². The maximum atomic E-state index is 12.6. The maximum absolute atomic E-state index is 12.6. The molecule has 0 saturated carbocycles. The van der Waals surface area contributed by atoms with Crippen molar-refractivity contribution < 1.29 is 18.0 Å². The van der Waals surface area contributed by atoms with Crippen molar-refractivity contribution in [1.29, 1.82) is 0 Å². The number of fused-ring (bicyclic) bond motifs is 1. The van der Waals surface area contributed by atoms with Gasteiger partial charge in [0.1, 0.15) is 12.4 Å². The Bertz CT molecular complexity index is 844. The Hall–Kier alpha value is -2.43. The molecule has 1 unspecified atom stereocenters. The molecule has 0 bridgehead atoms. The van der Waals surface area contributed by atoms with Crippen LogP contribution in [-0.2, 0) is 4.79 Å². The fourth-order valence-corrected chi connectivity index (χ4v) is 3.83. The molecule has 2 aromatic heterocycles. The van der Waals surface area contributed by atoms with E-state index < -0.39 is 24.7 Å². The number of amides is 1. The van der Waals surface area contributed by atoms with Crippen LogP contribution in [0.5, 0.6) is 0 Å². The highest BCUT2D eigenvalue weighted by molar-refractivity contribution is 5.84. The average molecular weight is 383 g/mol. The topological polar surface area (TPSA) is 69.9 Å². The van der Waals surface area contributed by atoms with E-state index in [-0.39, 0.29) is 6.54 Å². The predicted octanol–water partition coefficient (Wildman–Crippen LogP) is 0.718. The third kappa shape index (κ3) is 3.43. The summed E-state index contributed by atoms with van der Waals surface area (Å²) >= 11 is 0. The standard InChI is InChI=1S/C16H20F3N7O/c1-11-21-22-14-13(20-3-5-26(11)14)24-8-6-23(7-9-24)12-2-4-25(15(12)27)10-16(17,18)19/h3,5,12H,2,4,6-10H2,1H3. The van der Waals surface area contributed by atoms with Crippen molar-refractivity contribution in [3.63, 3.8) is 0 Å². The molecule has 4 rings (SSSR count). The highest BCUT2D eigenvalue weighted by atomic mass is 19.4. The number of piperazine rings is 1. The number of alkyl halides is 3. The summed E-state index contributed by atoms with van der Waals surface area (Å²) in [5.74, 6) is 1.08. The smallest absolute Gasteiger partial charge is 0.351 e. The van der Waals surface area contributed by atoms with Crippen LogP contribution < -0.4 is 4.90 Å². The van der Waals surface area contributed by atoms with Crippen molar-refractivity contribution in [2.75, 3.05) is 44.2 Å². The van der Waals surface area contributed by atoms with E-state index in [2.05, 4.69) is 20.1 Å². The van der Waals surface area contributed by atoms with E-state index in [4.69, 9.17) is 0 Å². The van der Waals surface area contributed by atoms with Gasteiger partial charge in [-0.15, -0.1) is 10.2 Å². The molecule has 11 heteroatoms. The van der Waals surface area contributed by atoms with Crippen LogP contribution in [0.15, 0.2) is 12.4 Å². The van der Waals surface area contributed by atoms with Crippen molar-refractivity contribution in [1.82, 2.24) is 29.4 Å². The third-order valence-electron chi connectivity index (χ3n) is 5.17. The number of hydrogen-bond donors (Lipinski definition) is 0. The Balaban J connectivity index is 1.41. The van der Waals surface area contributed by atoms with Gasteiger partial charge in [0.25, 0.3) is 0 Å². The molecule has 0 aromatic carbocycles. The molecule has 2 fully saturated rings. The lowest BCUT2D eigenvalue weighted by Crippen LogP contribution is -2.53. The van der Waals surface area contributed by atoms with E-state index in [1.807, 2.05) is 16.2 Å². The van der Waals surface area contributed by atoms with Crippen molar-refractivity contribution in [2.45, 2.75) is 25.6 Å². The minimum absolute atomic E-state index is 0.156. The first-order chi connectivity index (χ1) is 12.8. The van der Waals surface area contributed by atoms with E-state index >= 15 is 0 Å². The normalized spacial score (nSPS) is 22.2. The summed E-state index contributed by atoms with van der Waals surface area (Å²) < 4.78 is 39.6. The van der Waals surface area contributed by atoms with E-state index in [1.54, 1.807) is 12.4 Å². The van der Waals surface area contributed by atoms with E-state index in [1.165, 1.54) is 0 Å². The molecular weight excluding hydrogens is 363 g/mol. The lowest BCUT2D eigenvalue weighted by Gasteiger charge is -2.37. The molecule has 4 heterocycles. The molecule has 1 atom stereocenters. The minimum atomic E-state index is -4.36. The molecule has 8 nitrogen and oxygen atoms in total. The molecule has 146 valence electrons. The predicted molar refractivity (Wildman–Crippen MR) is 90.3 cm³/mol. The zero-order valence-corrected chi connectivity index (χ0v) is 14.9. The Labute approximate surface area is 153 Å². The van der Waals surface area contributed by atoms with Gasteiger partial charge in [0.2, 0.25) is 11.6 Å². The van der Waals surface area contributed by atoms with Crippen molar-refractivity contribution >= 4 is 17.4 Å². The number of hydrogen-bond acceptors (Lipinski definition) is 6. The summed E-state index contributed by atoms with van der Waals surface area (Å²) in [5, 5.41) is 8.24. The van der Waals surface area contributed by atoms with Crippen molar-refractivity contribution in [2.24, 2.45) is 0 Å². The van der Waals surface area contributed by atoms with Crippen LogP contribution in [-0.4, -0.2) is 86.8 Å². The molecular formula is C16H20F3N7O. The highest BCUT2D eigenvalue weighted by Crippen LogP contribution is 2.25. The fraction of sp³-hybridized carbons (Fsp3) is 0.625. The van der Waals surface area contributed by atoms with Gasteiger partial charge in [-0.25, -0.2) is 4.98 Å². The van der Waals surface area contributed by atoms with Gasteiger partial charge < -0.3 is 9.80 Å². The Kier molecular flexibility index (Phi) is 4.41. The molecule has 2 aliphatic rings. The highest BCUT2D eigenvalue weighted by Gasteiger charge is 2.42. The minimum Gasteiger partial charge on any atom is -0.351 e. The third-order valence-corrected chi connectivity index (χ3v) is 5.17. The number of rotatable bonds is 3. The van der Waals surface area contributed by atoms with Crippen LogP contribution in [0.2, 0.25) is 0 Å². The number of halogens is 3. The molecule has 0 N–H and O–H groups in total. The van der Waals surface area contributed by atoms with Gasteiger partial charge in [0.05, 0.1) is 6.04 Å². The number of carbonyl (C=O) groups excluding carboxylic acids is 1. The summed E-state index contributed by atoms with van der Waals surface area (Å²) in [6, 6.07) is -0.464. The van der Waals surface area contributed by atoms with Crippen LogP contribution in [0.3, 0.4) is 0 Å². The van der Waals surface area contributed by atoms with Gasteiger partial charge in [-0.1, -0.05) is 0 Å². The zero-order chi connectivity index (χ0) is 19.2. The second kappa shape index (κ2) is 6.63. The van der Waals surface area contributed by atoms with Crippen LogP contribution in [0, 0.1) is 6.92 Å². The molecule has 0 radical (unpaired) electrons. The van der Waals surface area contributed by atoms with Crippen LogP contribution >= 0.6 is 0 Å².